The highest BCUT2D eigenvalue weighted by Gasteiger charge is 2.32. The van der Waals surface area contributed by atoms with Gasteiger partial charge in [-0.05, 0) is 31.2 Å². The number of carbonyl (C=O) groups is 2. The van der Waals surface area contributed by atoms with E-state index in [1.54, 1.807) is 0 Å². The van der Waals surface area contributed by atoms with Gasteiger partial charge in [-0.3, -0.25) is 4.79 Å². The third kappa shape index (κ3) is 2.68. The first kappa shape index (κ1) is 14.5. The molecule has 1 aromatic rings. The van der Waals surface area contributed by atoms with E-state index in [1.807, 2.05) is 0 Å². The smallest absolute Gasteiger partial charge is 0.341 e. The minimum atomic E-state index is -0.492. The Balaban J connectivity index is 1.82. The zero-order valence-corrected chi connectivity index (χ0v) is 12.6. The standard InChI is InChI=1S/C14H18N2O4S/c1-20-14(19)11-8-3-2-4-10(8)21-13(11)16-12(18)9-5-7(17)6-15-9/h7,9,15,17H,2-6H2,1H3,(H,16,18). The molecule has 2 atom stereocenters. The van der Waals surface area contributed by atoms with Crippen LogP contribution in [-0.2, 0) is 22.4 Å². The number of ether oxygens (including phenoxy) is 1. The van der Waals surface area contributed by atoms with Crippen molar-refractivity contribution < 1.29 is 19.4 Å². The number of carbonyl (C=O) groups excluding carboxylic acids is 2. The first-order chi connectivity index (χ1) is 10.1. The molecule has 1 aromatic heterocycles. The van der Waals surface area contributed by atoms with Crippen LogP contribution in [0, 0.1) is 0 Å². The predicted molar refractivity (Wildman–Crippen MR) is 78.7 cm³/mol. The Kier molecular flexibility index (Phi) is 3.97. The molecule has 1 aliphatic carbocycles. The van der Waals surface area contributed by atoms with Gasteiger partial charge in [0.25, 0.3) is 0 Å². The summed E-state index contributed by atoms with van der Waals surface area (Å²) in [7, 11) is 1.35. The molecule has 1 aliphatic heterocycles. The Hall–Kier alpha value is -1.44. The number of hydrogen-bond acceptors (Lipinski definition) is 6. The molecule has 3 rings (SSSR count). The molecule has 1 amide bonds. The number of fused-ring (bicyclic) bond motifs is 1. The molecule has 114 valence electrons. The summed E-state index contributed by atoms with van der Waals surface area (Å²) >= 11 is 1.46. The molecule has 21 heavy (non-hydrogen) atoms. The molecule has 2 aliphatic rings. The van der Waals surface area contributed by atoms with Gasteiger partial charge in [-0.2, -0.15) is 0 Å². The first-order valence-corrected chi connectivity index (χ1v) is 7.87. The zero-order chi connectivity index (χ0) is 15.0. The zero-order valence-electron chi connectivity index (χ0n) is 11.8. The lowest BCUT2D eigenvalue weighted by Crippen LogP contribution is -2.35. The largest absolute Gasteiger partial charge is 0.465 e. The van der Waals surface area contributed by atoms with Crippen LogP contribution in [0.15, 0.2) is 0 Å². The molecule has 0 radical (unpaired) electrons. The Labute approximate surface area is 126 Å². The number of β-amino-alcohol motifs (C(OH)–C–C–N with tert-alkyl or cyclic N) is 1. The van der Waals surface area contributed by atoms with Gasteiger partial charge in [-0.15, -0.1) is 11.3 Å². The summed E-state index contributed by atoms with van der Waals surface area (Å²) in [6.07, 6.45) is 2.74. The summed E-state index contributed by atoms with van der Waals surface area (Å²) in [6, 6.07) is -0.414. The van der Waals surface area contributed by atoms with Gasteiger partial charge in [0.2, 0.25) is 5.91 Å². The number of aliphatic hydroxyl groups is 1. The molecular formula is C14H18N2O4S. The summed E-state index contributed by atoms with van der Waals surface area (Å²) in [5.41, 5.74) is 1.52. The highest BCUT2D eigenvalue weighted by Crippen LogP contribution is 2.39. The van der Waals surface area contributed by atoms with Gasteiger partial charge >= 0.3 is 5.97 Å². The van der Waals surface area contributed by atoms with E-state index in [0.717, 1.165) is 29.7 Å². The number of rotatable bonds is 3. The van der Waals surface area contributed by atoms with Crippen molar-refractivity contribution >= 4 is 28.2 Å². The maximum atomic E-state index is 12.2. The Morgan fingerprint density at radius 3 is 2.90 bits per heavy atom. The average Bonchev–Trinajstić information content (AvgIpc) is 3.13. The van der Waals surface area contributed by atoms with Crippen LogP contribution < -0.4 is 10.6 Å². The minimum absolute atomic E-state index is 0.211. The van der Waals surface area contributed by atoms with Gasteiger partial charge in [0, 0.05) is 11.4 Å². The second-order valence-electron chi connectivity index (χ2n) is 5.39. The van der Waals surface area contributed by atoms with Crippen LogP contribution in [0.3, 0.4) is 0 Å². The van der Waals surface area contributed by atoms with Crippen LogP contribution in [0.5, 0.6) is 0 Å². The topological polar surface area (TPSA) is 87.7 Å². The van der Waals surface area contributed by atoms with Crippen LogP contribution in [0.1, 0.15) is 33.6 Å². The summed E-state index contributed by atoms with van der Waals surface area (Å²) in [6.45, 7) is 0.420. The van der Waals surface area contributed by atoms with Crippen LogP contribution >= 0.6 is 11.3 Å². The molecule has 6 nitrogen and oxygen atoms in total. The van der Waals surface area contributed by atoms with Gasteiger partial charge in [-0.1, -0.05) is 0 Å². The van der Waals surface area contributed by atoms with Crippen LogP contribution in [-0.4, -0.2) is 42.8 Å². The van der Waals surface area contributed by atoms with E-state index >= 15 is 0 Å². The predicted octanol–water partition coefficient (Wildman–Crippen LogP) is 0.685. The molecule has 2 heterocycles. The van der Waals surface area contributed by atoms with Crippen LogP contribution in [0.25, 0.3) is 0 Å². The fourth-order valence-corrected chi connectivity index (χ4v) is 4.21. The summed E-state index contributed by atoms with van der Waals surface area (Å²) < 4.78 is 4.85. The fourth-order valence-electron chi connectivity index (χ4n) is 2.93. The number of nitrogens with one attached hydrogen (secondary N) is 2. The number of esters is 1. The van der Waals surface area contributed by atoms with Crippen molar-refractivity contribution in [2.24, 2.45) is 0 Å². The van der Waals surface area contributed by atoms with Crippen LogP contribution in [0.4, 0.5) is 5.00 Å². The molecule has 3 N–H and O–H groups in total. The van der Waals surface area contributed by atoms with Crippen LogP contribution in [0.2, 0.25) is 0 Å². The van der Waals surface area contributed by atoms with Gasteiger partial charge in [0.1, 0.15) is 5.00 Å². The van der Waals surface area contributed by atoms with Crippen molar-refractivity contribution in [3.05, 3.63) is 16.0 Å². The maximum absolute atomic E-state index is 12.2. The molecule has 7 heteroatoms. The summed E-state index contributed by atoms with van der Waals surface area (Å²) in [5.74, 6) is -0.610. The Morgan fingerprint density at radius 1 is 1.43 bits per heavy atom. The number of anilines is 1. The third-order valence-corrected chi connectivity index (χ3v) is 5.18. The first-order valence-electron chi connectivity index (χ1n) is 7.05. The molecule has 0 saturated carbocycles. The number of aliphatic hydroxyl groups excluding tert-OH is 1. The second kappa shape index (κ2) is 5.75. The fraction of sp³-hybridized carbons (Fsp3) is 0.571. The molecule has 0 bridgehead atoms. The van der Waals surface area contributed by atoms with Crippen molar-refractivity contribution in [3.8, 4) is 0 Å². The summed E-state index contributed by atoms with van der Waals surface area (Å²) in [4.78, 5) is 25.4. The molecule has 1 saturated heterocycles. The minimum Gasteiger partial charge on any atom is -0.465 e. The normalized spacial score (nSPS) is 23.9. The Morgan fingerprint density at radius 2 is 2.24 bits per heavy atom. The Bertz CT molecular complexity index is 584. The maximum Gasteiger partial charge on any atom is 0.341 e. The highest BCUT2D eigenvalue weighted by atomic mass is 32.1. The monoisotopic (exact) mass is 310 g/mol. The molecule has 1 fully saturated rings. The third-order valence-electron chi connectivity index (χ3n) is 3.97. The van der Waals surface area contributed by atoms with E-state index in [-0.39, 0.29) is 5.91 Å². The van der Waals surface area contributed by atoms with Gasteiger partial charge < -0.3 is 20.5 Å². The lowest BCUT2D eigenvalue weighted by molar-refractivity contribution is -0.117. The van der Waals surface area contributed by atoms with Crippen molar-refractivity contribution in [2.75, 3.05) is 19.0 Å². The van der Waals surface area contributed by atoms with Crippen molar-refractivity contribution in [1.29, 1.82) is 0 Å². The van der Waals surface area contributed by atoms with E-state index in [2.05, 4.69) is 10.6 Å². The quantitative estimate of drug-likeness (QED) is 0.715. The van der Waals surface area contributed by atoms with Crippen molar-refractivity contribution in [2.45, 2.75) is 37.8 Å². The SMILES string of the molecule is COC(=O)c1c(NC(=O)C2CC(O)CN2)sc2c1CCC2. The van der Waals surface area contributed by atoms with E-state index < -0.39 is 18.1 Å². The van der Waals surface area contributed by atoms with E-state index in [0.29, 0.717) is 23.5 Å². The van der Waals surface area contributed by atoms with E-state index in [4.69, 9.17) is 4.74 Å². The van der Waals surface area contributed by atoms with Crippen molar-refractivity contribution in [3.63, 3.8) is 0 Å². The number of hydrogen-bond donors (Lipinski definition) is 3. The molecule has 2 unspecified atom stereocenters. The number of aryl methyl sites for hydroxylation is 1. The number of amides is 1. The van der Waals surface area contributed by atoms with Gasteiger partial charge in [-0.25, -0.2) is 4.79 Å². The highest BCUT2D eigenvalue weighted by molar-refractivity contribution is 7.17. The van der Waals surface area contributed by atoms with Gasteiger partial charge in [0.05, 0.1) is 24.8 Å². The van der Waals surface area contributed by atoms with E-state index in [9.17, 15) is 14.7 Å². The lowest BCUT2D eigenvalue weighted by Gasteiger charge is -2.11. The summed E-state index contributed by atoms with van der Waals surface area (Å²) in [5, 5.41) is 15.8. The second-order valence-corrected chi connectivity index (χ2v) is 6.50. The molecule has 0 aromatic carbocycles. The van der Waals surface area contributed by atoms with Gasteiger partial charge in [0.15, 0.2) is 0 Å². The van der Waals surface area contributed by atoms with Crippen molar-refractivity contribution in [1.82, 2.24) is 5.32 Å². The average molecular weight is 310 g/mol. The lowest BCUT2D eigenvalue weighted by atomic mass is 10.1. The number of thiophene rings is 1. The molecular weight excluding hydrogens is 292 g/mol. The van der Waals surface area contributed by atoms with E-state index in [1.165, 1.54) is 18.4 Å². The number of methoxy groups -OCH3 is 1. The molecule has 0 spiro atoms.